The average Bonchev–Trinajstić information content (AvgIpc) is 2.84. The molecule has 0 aliphatic carbocycles. The summed E-state index contributed by atoms with van der Waals surface area (Å²) in [5.41, 5.74) is 5.70. The van der Waals surface area contributed by atoms with Gasteiger partial charge in [0.25, 0.3) is 10.0 Å². The fourth-order valence-electron chi connectivity index (χ4n) is 2.99. The van der Waals surface area contributed by atoms with Crippen LogP contribution in [0, 0.1) is 12.8 Å². The number of nitrogens with one attached hydrogen (secondary N) is 1. The van der Waals surface area contributed by atoms with Crippen molar-refractivity contribution in [3.8, 4) is 0 Å². The first-order valence-electron chi connectivity index (χ1n) is 9.18. The van der Waals surface area contributed by atoms with E-state index in [1.807, 2.05) is 0 Å². The van der Waals surface area contributed by atoms with Gasteiger partial charge < -0.3 is 11.1 Å². The lowest BCUT2D eigenvalue weighted by Gasteiger charge is -2.29. The highest BCUT2D eigenvalue weighted by Gasteiger charge is 2.40. The molecule has 0 bridgehead atoms. The Hall–Kier alpha value is -2.33. The zero-order valence-electron chi connectivity index (χ0n) is 16.1. The Kier molecular flexibility index (Phi) is 7.25. The molecule has 1 aliphatic rings. The number of carbonyl (C=O) groups is 3. The number of rotatable bonds is 7. The lowest BCUT2D eigenvalue weighted by atomic mass is 10.0. The molecule has 3 N–H and O–H groups in total. The molecule has 1 aromatic heterocycles. The van der Waals surface area contributed by atoms with Crippen LogP contribution in [0.4, 0.5) is 0 Å². The van der Waals surface area contributed by atoms with E-state index in [0.717, 1.165) is 0 Å². The van der Waals surface area contributed by atoms with E-state index in [4.69, 9.17) is 5.73 Å². The van der Waals surface area contributed by atoms with E-state index in [-0.39, 0.29) is 36.6 Å². The number of sulfonamides is 1. The first kappa shape index (κ1) is 22.0. The summed E-state index contributed by atoms with van der Waals surface area (Å²) >= 11 is 0. The maximum Gasteiger partial charge on any atom is 0.284 e. The molecule has 28 heavy (non-hydrogen) atoms. The molecular weight excluding hydrogens is 384 g/mol. The van der Waals surface area contributed by atoms with E-state index in [2.05, 4.69) is 10.3 Å². The van der Waals surface area contributed by atoms with Gasteiger partial charge in [-0.2, -0.15) is 8.42 Å². The van der Waals surface area contributed by atoms with Gasteiger partial charge in [-0.25, -0.2) is 9.29 Å². The molecule has 10 heteroatoms. The normalized spacial score (nSPS) is 18.9. The maximum absolute atomic E-state index is 13.2. The Morgan fingerprint density at radius 2 is 2.11 bits per heavy atom. The lowest BCUT2D eigenvalue weighted by molar-refractivity contribution is -0.134. The van der Waals surface area contributed by atoms with Crippen LogP contribution in [-0.4, -0.2) is 54.4 Å². The summed E-state index contributed by atoms with van der Waals surface area (Å²) in [6, 6.07) is 3.37. The number of aromatic nitrogens is 1. The van der Waals surface area contributed by atoms with Gasteiger partial charge in [-0.1, -0.05) is 13.0 Å². The highest BCUT2D eigenvalue weighted by atomic mass is 32.2. The number of amides is 2. The van der Waals surface area contributed by atoms with E-state index in [9.17, 15) is 22.8 Å². The number of Topliss-reactive ketones (excluding diaryl/α,β-unsaturated/α-hetero) is 1. The number of aryl methyl sites for hydroxylation is 1. The monoisotopic (exact) mass is 410 g/mol. The van der Waals surface area contributed by atoms with E-state index in [1.165, 1.54) is 12.1 Å². The zero-order valence-corrected chi connectivity index (χ0v) is 16.9. The topological polar surface area (TPSA) is 140 Å². The van der Waals surface area contributed by atoms with Crippen molar-refractivity contribution in [2.24, 2.45) is 11.7 Å². The van der Waals surface area contributed by atoms with Crippen molar-refractivity contribution >= 4 is 27.6 Å². The number of hydrogen-bond donors (Lipinski definition) is 2. The quantitative estimate of drug-likeness (QED) is 0.651. The zero-order chi connectivity index (χ0) is 20.9. The number of hydrogen-bond acceptors (Lipinski definition) is 7. The minimum atomic E-state index is -4.33. The fraction of sp³-hybridized carbons (Fsp3) is 0.556. The molecule has 2 rings (SSSR count). The number of nitrogens with two attached hydrogens (primary N) is 1. The van der Waals surface area contributed by atoms with Gasteiger partial charge in [0.05, 0.1) is 6.54 Å². The van der Waals surface area contributed by atoms with Crippen LogP contribution in [0.1, 0.15) is 38.3 Å². The number of carbonyl (C=O) groups excluding carboxylic acids is 3. The largest absolute Gasteiger partial charge is 0.369 e. The van der Waals surface area contributed by atoms with Crippen LogP contribution in [0.15, 0.2) is 23.2 Å². The van der Waals surface area contributed by atoms with Crippen LogP contribution in [-0.2, 0) is 24.4 Å². The summed E-state index contributed by atoms with van der Waals surface area (Å²) in [4.78, 5) is 40.7. The first-order valence-corrected chi connectivity index (χ1v) is 10.6. The van der Waals surface area contributed by atoms with Crippen molar-refractivity contribution in [3.05, 3.63) is 23.9 Å². The average molecular weight is 410 g/mol. The highest BCUT2D eigenvalue weighted by Crippen LogP contribution is 2.23. The molecule has 1 saturated heterocycles. The minimum Gasteiger partial charge on any atom is -0.369 e. The van der Waals surface area contributed by atoms with Gasteiger partial charge in [-0.15, -0.1) is 0 Å². The fourth-order valence-corrected chi connectivity index (χ4v) is 4.62. The van der Waals surface area contributed by atoms with Crippen molar-refractivity contribution in [1.82, 2.24) is 14.6 Å². The van der Waals surface area contributed by atoms with Gasteiger partial charge in [-0.05, 0) is 44.9 Å². The number of pyridine rings is 1. The Bertz CT molecular complexity index is 855. The predicted octanol–water partition coefficient (Wildman–Crippen LogP) is 0.130. The van der Waals surface area contributed by atoms with Gasteiger partial charge in [0.2, 0.25) is 11.8 Å². The third-order valence-electron chi connectivity index (χ3n) is 4.69. The standard InChI is InChI=1S/C18H26N4O5S/c1-12(18(19)25)8-9-17(24)22(14-6-4-10-20-11-15(14)23)28(26,27)16-7-3-5-13(2)21-16/h3,5,7,12,14,20H,4,6,8-11H2,1-2H3,(H2,19,25)/t12?,14-/m0/s1. The Labute approximate surface area is 164 Å². The molecule has 9 nitrogen and oxygen atoms in total. The van der Waals surface area contributed by atoms with Crippen molar-refractivity contribution in [2.45, 2.75) is 50.6 Å². The van der Waals surface area contributed by atoms with E-state index < -0.39 is 33.8 Å². The summed E-state index contributed by atoms with van der Waals surface area (Å²) in [6.07, 6.45) is 0.662. The van der Waals surface area contributed by atoms with E-state index in [1.54, 1.807) is 19.9 Å². The molecule has 1 aliphatic heterocycles. The minimum absolute atomic E-state index is 0.0110. The third kappa shape index (κ3) is 5.14. The van der Waals surface area contributed by atoms with Crippen molar-refractivity contribution < 1.29 is 22.8 Å². The molecule has 0 aromatic carbocycles. The number of nitrogens with zero attached hydrogens (tertiary/aromatic N) is 2. The third-order valence-corrected chi connectivity index (χ3v) is 6.43. The van der Waals surface area contributed by atoms with Crippen LogP contribution in [0.25, 0.3) is 0 Å². The Morgan fingerprint density at radius 1 is 1.39 bits per heavy atom. The molecule has 2 atom stereocenters. The smallest absolute Gasteiger partial charge is 0.284 e. The second kappa shape index (κ2) is 9.24. The molecule has 1 unspecified atom stereocenters. The van der Waals surface area contributed by atoms with Crippen LogP contribution in [0.2, 0.25) is 0 Å². The summed E-state index contributed by atoms with van der Waals surface area (Å²) < 4.78 is 27.1. The summed E-state index contributed by atoms with van der Waals surface area (Å²) in [6.45, 7) is 3.76. The Balaban J connectivity index is 2.41. The van der Waals surface area contributed by atoms with Crippen LogP contribution < -0.4 is 11.1 Å². The molecule has 2 heterocycles. The number of primary amides is 1. The maximum atomic E-state index is 13.2. The van der Waals surface area contributed by atoms with Crippen LogP contribution in [0.3, 0.4) is 0 Å². The van der Waals surface area contributed by atoms with Gasteiger partial charge in [0.1, 0.15) is 6.04 Å². The molecule has 1 aromatic rings. The Morgan fingerprint density at radius 3 is 2.75 bits per heavy atom. The molecule has 2 amide bonds. The van der Waals surface area contributed by atoms with Gasteiger partial charge >= 0.3 is 0 Å². The highest BCUT2D eigenvalue weighted by molar-refractivity contribution is 7.89. The van der Waals surface area contributed by atoms with E-state index in [0.29, 0.717) is 23.0 Å². The molecule has 0 saturated carbocycles. The van der Waals surface area contributed by atoms with Crippen molar-refractivity contribution in [3.63, 3.8) is 0 Å². The van der Waals surface area contributed by atoms with Crippen molar-refractivity contribution in [1.29, 1.82) is 0 Å². The van der Waals surface area contributed by atoms with Crippen LogP contribution >= 0.6 is 0 Å². The van der Waals surface area contributed by atoms with Gasteiger partial charge in [-0.3, -0.25) is 14.4 Å². The van der Waals surface area contributed by atoms with Gasteiger partial charge in [0, 0.05) is 18.0 Å². The van der Waals surface area contributed by atoms with Crippen LogP contribution in [0.5, 0.6) is 0 Å². The van der Waals surface area contributed by atoms with Gasteiger partial charge in [0.15, 0.2) is 10.8 Å². The van der Waals surface area contributed by atoms with E-state index >= 15 is 0 Å². The molecule has 1 fully saturated rings. The summed E-state index contributed by atoms with van der Waals surface area (Å²) in [7, 11) is -4.33. The molecule has 0 spiro atoms. The molecular formula is C18H26N4O5S. The molecule has 154 valence electrons. The van der Waals surface area contributed by atoms with Crippen molar-refractivity contribution in [2.75, 3.05) is 13.1 Å². The molecule has 0 radical (unpaired) electrons. The SMILES string of the molecule is Cc1cccc(S(=O)(=O)N(C(=O)CCC(C)C(N)=O)[C@H]2CCCNCC2=O)n1. The first-order chi connectivity index (χ1) is 13.1. The second-order valence-corrected chi connectivity index (χ2v) is 8.72. The predicted molar refractivity (Wildman–Crippen MR) is 101 cm³/mol. The summed E-state index contributed by atoms with van der Waals surface area (Å²) in [5.74, 6) is -2.27. The lowest BCUT2D eigenvalue weighted by Crippen LogP contribution is -2.49. The second-order valence-electron chi connectivity index (χ2n) is 6.96. The number of ketones is 1. The summed E-state index contributed by atoms with van der Waals surface area (Å²) in [5, 5.41) is 2.64.